The van der Waals surface area contributed by atoms with Crippen molar-refractivity contribution in [2.75, 3.05) is 39.8 Å². The Morgan fingerprint density at radius 2 is 1.88 bits per heavy atom. The fourth-order valence-corrected chi connectivity index (χ4v) is 2.49. The highest BCUT2D eigenvalue weighted by molar-refractivity contribution is 14.0. The van der Waals surface area contributed by atoms with Crippen molar-refractivity contribution < 1.29 is 9.53 Å². The van der Waals surface area contributed by atoms with Gasteiger partial charge in [0.2, 0.25) is 5.91 Å². The van der Waals surface area contributed by atoms with Crippen LogP contribution < -0.4 is 15.4 Å². The Labute approximate surface area is 161 Å². The van der Waals surface area contributed by atoms with E-state index in [4.69, 9.17) is 4.74 Å². The summed E-state index contributed by atoms with van der Waals surface area (Å²) < 4.78 is 5.60. The molecule has 1 aliphatic heterocycles. The summed E-state index contributed by atoms with van der Waals surface area (Å²) in [5, 5.41) is 6.20. The first-order valence-corrected chi connectivity index (χ1v) is 8.20. The number of carbonyl (C=O) groups is 1. The van der Waals surface area contributed by atoms with Gasteiger partial charge in [-0.3, -0.25) is 9.79 Å². The van der Waals surface area contributed by atoms with Gasteiger partial charge >= 0.3 is 0 Å². The first-order chi connectivity index (χ1) is 11.3. The van der Waals surface area contributed by atoms with Gasteiger partial charge in [-0.1, -0.05) is 18.2 Å². The van der Waals surface area contributed by atoms with Crippen LogP contribution in [0, 0.1) is 0 Å². The van der Waals surface area contributed by atoms with E-state index in [1.165, 1.54) is 6.42 Å². The van der Waals surface area contributed by atoms with Crippen molar-refractivity contribution in [1.82, 2.24) is 15.5 Å². The fourth-order valence-electron chi connectivity index (χ4n) is 2.49. The maximum atomic E-state index is 12.1. The van der Waals surface area contributed by atoms with Crippen molar-refractivity contribution in [2.24, 2.45) is 4.99 Å². The second kappa shape index (κ2) is 11.9. The minimum absolute atomic E-state index is 0. The second-order valence-electron chi connectivity index (χ2n) is 5.46. The molecule has 1 amide bonds. The molecule has 7 heteroatoms. The number of aliphatic imine (C=N–C) groups is 1. The smallest absolute Gasteiger partial charge is 0.241 e. The number of guanidine groups is 1. The SMILES string of the molecule is CN=C(NCCOc1ccccc1)NCC(=O)N1CCCCC1.I. The lowest BCUT2D eigenvalue weighted by atomic mass is 10.1. The molecule has 0 aromatic heterocycles. The average Bonchev–Trinajstić information content (AvgIpc) is 2.62. The summed E-state index contributed by atoms with van der Waals surface area (Å²) in [5.41, 5.74) is 0. The Morgan fingerprint density at radius 3 is 2.54 bits per heavy atom. The van der Waals surface area contributed by atoms with E-state index in [1.807, 2.05) is 35.2 Å². The van der Waals surface area contributed by atoms with E-state index in [-0.39, 0.29) is 36.4 Å². The number of benzene rings is 1. The lowest BCUT2D eigenvalue weighted by Gasteiger charge is -2.27. The summed E-state index contributed by atoms with van der Waals surface area (Å²) in [5.74, 6) is 1.60. The molecule has 1 aromatic carbocycles. The predicted octanol–water partition coefficient (Wildman–Crippen LogP) is 1.86. The molecule has 1 aliphatic rings. The molecule has 134 valence electrons. The molecule has 0 radical (unpaired) electrons. The number of halogens is 1. The summed E-state index contributed by atoms with van der Waals surface area (Å²) >= 11 is 0. The fraction of sp³-hybridized carbons (Fsp3) is 0.529. The second-order valence-corrected chi connectivity index (χ2v) is 5.46. The third-order valence-electron chi connectivity index (χ3n) is 3.75. The van der Waals surface area contributed by atoms with Crippen LogP contribution in [0.2, 0.25) is 0 Å². The zero-order valence-electron chi connectivity index (χ0n) is 14.2. The van der Waals surface area contributed by atoms with Crippen molar-refractivity contribution in [2.45, 2.75) is 19.3 Å². The van der Waals surface area contributed by atoms with Gasteiger partial charge in [-0.05, 0) is 31.4 Å². The van der Waals surface area contributed by atoms with Gasteiger partial charge in [0.05, 0.1) is 13.1 Å². The molecule has 1 saturated heterocycles. The largest absolute Gasteiger partial charge is 0.492 e. The van der Waals surface area contributed by atoms with Gasteiger partial charge in [0.1, 0.15) is 12.4 Å². The Kier molecular flexibility index (Phi) is 10.2. The molecule has 0 spiro atoms. The molecule has 6 nitrogen and oxygen atoms in total. The van der Waals surface area contributed by atoms with Gasteiger partial charge < -0.3 is 20.3 Å². The van der Waals surface area contributed by atoms with Crippen LogP contribution in [-0.4, -0.2) is 56.6 Å². The molecule has 24 heavy (non-hydrogen) atoms. The van der Waals surface area contributed by atoms with Gasteiger partial charge in [-0.25, -0.2) is 0 Å². The lowest BCUT2D eigenvalue weighted by molar-refractivity contribution is -0.130. The topological polar surface area (TPSA) is 66.0 Å². The molecule has 0 aliphatic carbocycles. The third-order valence-corrected chi connectivity index (χ3v) is 3.75. The number of para-hydroxylation sites is 1. The van der Waals surface area contributed by atoms with E-state index in [0.29, 0.717) is 19.1 Å². The Morgan fingerprint density at radius 1 is 1.17 bits per heavy atom. The van der Waals surface area contributed by atoms with E-state index in [2.05, 4.69) is 15.6 Å². The van der Waals surface area contributed by atoms with E-state index < -0.39 is 0 Å². The maximum Gasteiger partial charge on any atom is 0.241 e. The van der Waals surface area contributed by atoms with Crippen LogP contribution in [0.3, 0.4) is 0 Å². The molecular weight excluding hydrogens is 419 g/mol. The number of hydrogen-bond donors (Lipinski definition) is 2. The minimum atomic E-state index is 0. The molecule has 0 unspecified atom stereocenters. The Bertz CT molecular complexity index is 505. The predicted molar refractivity (Wildman–Crippen MR) is 107 cm³/mol. The Hall–Kier alpha value is -1.51. The zero-order valence-corrected chi connectivity index (χ0v) is 16.5. The molecule has 0 bridgehead atoms. The number of piperidine rings is 1. The van der Waals surface area contributed by atoms with Crippen molar-refractivity contribution in [3.63, 3.8) is 0 Å². The number of likely N-dealkylation sites (tertiary alicyclic amines) is 1. The molecule has 1 fully saturated rings. The van der Waals surface area contributed by atoms with Crippen LogP contribution in [0.25, 0.3) is 0 Å². The molecular formula is C17H27IN4O2. The molecule has 0 saturated carbocycles. The van der Waals surface area contributed by atoms with Gasteiger partial charge in [0.15, 0.2) is 5.96 Å². The van der Waals surface area contributed by atoms with Crippen molar-refractivity contribution >= 4 is 35.8 Å². The summed E-state index contributed by atoms with van der Waals surface area (Å²) in [4.78, 5) is 18.1. The first-order valence-electron chi connectivity index (χ1n) is 8.20. The summed E-state index contributed by atoms with van der Waals surface area (Å²) in [6.45, 7) is 3.17. The number of carbonyl (C=O) groups excluding carboxylic acids is 1. The van der Waals surface area contributed by atoms with Crippen LogP contribution >= 0.6 is 24.0 Å². The third kappa shape index (κ3) is 7.37. The van der Waals surface area contributed by atoms with Crippen LogP contribution in [0.15, 0.2) is 35.3 Å². The quantitative estimate of drug-likeness (QED) is 0.303. The van der Waals surface area contributed by atoms with Crippen LogP contribution in [0.1, 0.15) is 19.3 Å². The number of amides is 1. The molecule has 1 heterocycles. The number of nitrogens with zero attached hydrogens (tertiary/aromatic N) is 2. The number of rotatable bonds is 6. The summed E-state index contributed by atoms with van der Waals surface area (Å²) in [6.07, 6.45) is 3.44. The highest BCUT2D eigenvalue weighted by atomic mass is 127. The average molecular weight is 446 g/mol. The monoisotopic (exact) mass is 446 g/mol. The normalized spacial score (nSPS) is 14.5. The van der Waals surface area contributed by atoms with Crippen molar-refractivity contribution in [1.29, 1.82) is 0 Å². The Balaban J connectivity index is 0.00000288. The van der Waals surface area contributed by atoms with Crippen LogP contribution in [0.4, 0.5) is 0 Å². The van der Waals surface area contributed by atoms with Crippen molar-refractivity contribution in [3.8, 4) is 5.75 Å². The standard InChI is InChI=1S/C17H26N4O2.HI/c1-18-17(19-10-13-23-15-8-4-2-5-9-15)20-14-16(22)21-11-6-3-7-12-21;/h2,4-5,8-9H,3,6-7,10-14H2,1H3,(H2,18,19,20);1H. The number of ether oxygens (including phenoxy) is 1. The summed E-state index contributed by atoms with van der Waals surface area (Å²) in [7, 11) is 1.69. The highest BCUT2D eigenvalue weighted by Crippen LogP contribution is 2.08. The van der Waals surface area contributed by atoms with Crippen LogP contribution in [-0.2, 0) is 4.79 Å². The highest BCUT2D eigenvalue weighted by Gasteiger charge is 2.16. The van der Waals surface area contributed by atoms with E-state index >= 15 is 0 Å². The zero-order chi connectivity index (χ0) is 16.3. The number of nitrogens with one attached hydrogen (secondary N) is 2. The minimum Gasteiger partial charge on any atom is -0.492 e. The van der Waals surface area contributed by atoms with E-state index in [1.54, 1.807) is 7.05 Å². The van der Waals surface area contributed by atoms with Crippen LogP contribution in [0.5, 0.6) is 5.75 Å². The van der Waals surface area contributed by atoms with Gasteiger partial charge in [0.25, 0.3) is 0 Å². The molecule has 2 N–H and O–H groups in total. The lowest BCUT2D eigenvalue weighted by Crippen LogP contribution is -2.46. The number of hydrogen-bond acceptors (Lipinski definition) is 3. The first kappa shape index (κ1) is 20.5. The van der Waals surface area contributed by atoms with E-state index in [9.17, 15) is 4.79 Å². The molecule has 2 rings (SSSR count). The van der Waals surface area contributed by atoms with Crippen molar-refractivity contribution in [3.05, 3.63) is 30.3 Å². The summed E-state index contributed by atoms with van der Waals surface area (Å²) in [6, 6.07) is 9.68. The molecule has 0 atom stereocenters. The van der Waals surface area contributed by atoms with Gasteiger partial charge in [-0.2, -0.15) is 0 Å². The maximum absolute atomic E-state index is 12.1. The van der Waals surface area contributed by atoms with E-state index in [0.717, 1.165) is 31.7 Å². The van der Waals surface area contributed by atoms with Gasteiger partial charge in [-0.15, -0.1) is 24.0 Å². The van der Waals surface area contributed by atoms with Gasteiger partial charge in [0, 0.05) is 20.1 Å². The molecule has 1 aromatic rings.